The molecule has 1 unspecified atom stereocenters. The summed E-state index contributed by atoms with van der Waals surface area (Å²) in [5.74, 6) is 0.169. The van der Waals surface area contributed by atoms with Crippen LogP contribution in [0, 0.1) is 0 Å². The largest absolute Gasteiger partial charge is 0.494 e. The Kier molecular flexibility index (Phi) is 8.69. The highest BCUT2D eigenvalue weighted by Gasteiger charge is 2.33. The molecule has 1 aliphatic rings. The fourth-order valence-corrected chi connectivity index (χ4v) is 5.45. The zero-order chi connectivity index (χ0) is 26.5. The maximum atomic E-state index is 13.7. The van der Waals surface area contributed by atoms with E-state index in [0.717, 1.165) is 24.2 Å². The summed E-state index contributed by atoms with van der Waals surface area (Å²) in [6.45, 7) is 8.13. The summed E-state index contributed by atoms with van der Waals surface area (Å²) >= 11 is 13.6. The lowest BCUT2D eigenvalue weighted by Crippen LogP contribution is -2.39. The molecule has 0 radical (unpaired) electrons. The second-order valence-electron chi connectivity index (χ2n) is 8.41. The minimum atomic E-state index is -0.721. The first-order valence-corrected chi connectivity index (χ1v) is 13.4. The molecule has 1 atom stereocenters. The summed E-state index contributed by atoms with van der Waals surface area (Å²) in [6.07, 6.45) is 5.20. The van der Waals surface area contributed by atoms with Gasteiger partial charge >= 0.3 is 5.97 Å². The molecule has 9 heteroatoms. The number of unbranched alkanes of at least 4 members (excludes halogenated alkanes) is 1. The summed E-state index contributed by atoms with van der Waals surface area (Å²) in [4.78, 5) is 31.9. The van der Waals surface area contributed by atoms with Crippen LogP contribution >= 0.6 is 34.5 Å². The summed E-state index contributed by atoms with van der Waals surface area (Å²) in [6, 6.07) is 11.8. The third-order valence-electron chi connectivity index (χ3n) is 5.79. The van der Waals surface area contributed by atoms with E-state index in [-0.39, 0.29) is 12.2 Å². The zero-order valence-electron chi connectivity index (χ0n) is 20.5. The highest BCUT2D eigenvalue weighted by Crippen LogP contribution is 2.32. The topological polar surface area (TPSA) is 69.9 Å². The molecule has 0 saturated heterocycles. The average Bonchev–Trinajstić information content (AvgIpc) is 3.18. The van der Waals surface area contributed by atoms with Crippen molar-refractivity contribution >= 4 is 46.6 Å². The number of hydrogen-bond acceptors (Lipinski definition) is 6. The summed E-state index contributed by atoms with van der Waals surface area (Å²) in [5.41, 5.74) is 1.89. The average molecular weight is 557 g/mol. The summed E-state index contributed by atoms with van der Waals surface area (Å²) in [7, 11) is 0. The molecule has 192 valence electrons. The lowest BCUT2D eigenvalue weighted by atomic mass is 9.96. The fourth-order valence-electron chi connectivity index (χ4n) is 3.95. The molecule has 0 aliphatic carbocycles. The van der Waals surface area contributed by atoms with E-state index in [1.54, 1.807) is 31.2 Å². The quantitative estimate of drug-likeness (QED) is 0.199. The van der Waals surface area contributed by atoms with Crippen molar-refractivity contribution in [1.82, 2.24) is 4.57 Å². The molecular weight excluding hydrogens is 531 g/mol. The molecule has 4 rings (SSSR count). The van der Waals surface area contributed by atoms with E-state index in [9.17, 15) is 9.59 Å². The Labute approximate surface area is 228 Å². The number of allylic oxidation sites excluding steroid dienone is 1. The Morgan fingerprint density at radius 2 is 1.97 bits per heavy atom. The molecule has 2 heterocycles. The number of aromatic nitrogens is 1. The first-order chi connectivity index (χ1) is 17.8. The van der Waals surface area contributed by atoms with Crippen molar-refractivity contribution < 1.29 is 14.3 Å². The summed E-state index contributed by atoms with van der Waals surface area (Å²) in [5, 5.41) is 0.933. The van der Waals surface area contributed by atoms with Crippen molar-refractivity contribution in [2.75, 3.05) is 13.2 Å². The van der Waals surface area contributed by atoms with Gasteiger partial charge < -0.3 is 9.47 Å². The number of rotatable bonds is 9. The Bertz CT molecular complexity index is 1540. The minimum absolute atomic E-state index is 0.0476. The third-order valence-corrected chi connectivity index (χ3v) is 7.33. The predicted octanol–water partition coefficient (Wildman–Crippen LogP) is 5.45. The number of ether oxygens (including phenoxy) is 2. The minimum Gasteiger partial charge on any atom is -0.494 e. The standard InChI is InChI=1S/C28H26Cl2N2O4S/c1-4-6-14-35-21-11-8-18(9-12-21)25-24(27(34)36-13-5-2)17(3)31-28-32(25)26(33)23(37-28)15-19-7-10-20(29)16-22(19)30/h5,7-12,15-16,25H,2,4,6,13-14H2,1,3H3/b23-15-. The molecule has 1 aromatic heterocycles. The maximum absolute atomic E-state index is 13.7. The van der Waals surface area contributed by atoms with Crippen LogP contribution in [0.2, 0.25) is 10.0 Å². The van der Waals surface area contributed by atoms with Crippen LogP contribution in [-0.2, 0) is 9.53 Å². The van der Waals surface area contributed by atoms with E-state index in [4.69, 9.17) is 32.7 Å². The monoisotopic (exact) mass is 556 g/mol. The second-order valence-corrected chi connectivity index (χ2v) is 10.3. The molecule has 0 fully saturated rings. The van der Waals surface area contributed by atoms with Gasteiger partial charge in [0, 0.05) is 10.0 Å². The SMILES string of the molecule is C=CCOC(=O)C1=C(C)N=c2s/c(=C\c3ccc(Cl)cc3Cl)c(=O)n2C1c1ccc(OCCCC)cc1. The van der Waals surface area contributed by atoms with Gasteiger partial charge in [-0.15, -0.1) is 0 Å². The molecule has 2 aromatic carbocycles. The van der Waals surface area contributed by atoms with E-state index in [1.165, 1.54) is 22.0 Å². The number of carbonyl (C=O) groups excluding carboxylic acids is 1. The lowest BCUT2D eigenvalue weighted by molar-refractivity contribution is -0.138. The van der Waals surface area contributed by atoms with Crippen LogP contribution in [0.4, 0.5) is 0 Å². The van der Waals surface area contributed by atoms with Gasteiger partial charge in [-0.05, 0) is 54.8 Å². The number of halogens is 2. The van der Waals surface area contributed by atoms with Crippen LogP contribution < -0.4 is 19.6 Å². The highest BCUT2D eigenvalue weighted by atomic mass is 35.5. The van der Waals surface area contributed by atoms with Gasteiger partial charge in [0.1, 0.15) is 12.4 Å². The van der Waals surface area contributed by atoms with Crippen LogP contribution in [-0.4, -0.2) is 23.8 Å². The molecule has 0 N–H and O–H groups in total. The maximum Gasteiger partial charge on any atom is 0.338 e. The summed E-state index contributed by atoms with van der Waals surface area (Å²) < 4.78 is 13.1. The molecule has 0 saturated carbocycles. The first-order valence-electron chi connectivity index (χ1n) is 11.8. The van der Waals surface area contributed by atoms with E-state index >= 15 is 0 Å². The van der Waals surface area contributed by atoms with E-state index in [1.807, 2.05) is 24.3 Å². The fraction of sp³-hybridized carbons (Fsp3) is 0.250. The second kappa shape index (κ2) is 11.9. The van der Waals surface area contributed by atoms with Crippen molar-refractivity contribution in [3.63, 3.8) is 0 Å². The molecular formula is C28H26Cl2N2O4S. The van der Waals surface area contributed by atoms with Gasteiger partial charge in [-0.25, -0.2) is 9.79 Å². The first kappa shape index (κ1) is 26.9. The Balaban J connectivity index is 1.85. The predicted molar refractivity (Wildman–Crippen MR) is 148 cm³/mol. The van der Waals surface area contributed by atoms with Gasteiger partial charge in [-0.3, -0.25) is 9.36 Å². The Morgan fingerprint density at radius 3 is 2.65 bits per heavy atom. The van der Waals surface area contributed by atoms with Crippen molar-refractivity contribution in [1.29, 1.82) is 0 Å². The lowest BCUT2D eigenvalue weighted by Gasteiger charge is -2.24. The zero-order valence-corrected chi connectivity index (χ0v) is 22.8. The molecule has 0 amide bonds. The van der Waals surface area contributed by atoms with Crippen LogP contribution in [0.15, 0.2) is 76.2 Å². The molecule has 1 aliphatic heterocycles. The molecule has 3 aromatic rings. The molecule has 37 heavy (non-hydrogen) atoms. The van der Waals surface area contributed by atoms with Gasteiger partial charge in [0.2, 0.25) is 0 Å². The molecule has 0 spiro atoms. The number of carbonyl (C=O) groups is 1. The van der Waals surface area contributed by atoms with E-state index in [2.05, 4.69) is 18.5 Å². The van der Waals surface area contributed by atoms with Crippen molar-refractivity contribution in [3.05, 3.63) is 107 Å². The Morgan fingerprint density at radius 1 is 1.22 bits per heavy atom. The number of thiazole rings is 1. The Hall–Kier alpha value is -3.13. The normalized spacial score (nSPS) is 15.2. The van der Waals surface area contributed by atoms with E-state index < -0.39 is 12.0 Å². The van der Waals surface area contributed by atoms with Crippen molar-refractivity contribution in [3.8, 4) is 5.75 Å². The molecule has 6 nitrogen and oxygen atoms in total. The van der Waals surface area contributed by atoms with Crippen molar-refractivity contribution in [2.24, 2.45) is 4.99 Å². The van der Waals surface area contributed by atoms with Gasteiger partial charge in [-0.2, -0.15) is 0 Å². The third kappa shape index (κ3) is 5.90. The van der Waals surface area contributed by atoms with Gasteiger partial charge in [0.15, 0.2) is 4.80 Å². The van der Waals surface area contributed by atoms with Gasteiger partial charge in [-0.1, -0.05) is 78.7 Å². The van der Waals surface area contributed by atoms with Gasteiger partial charge in [0.25, 0.3) is 5.56 Å². The van der Waals surface area contributed by atoms with Crippen LogP contribution in [0.5, 0.6) is 5.75 Å². The van der Waals surface area contributed by atoms with Crippen LogP contribution in [0.1, 0.15) is 43.9 Å². The smallest absolute Gasteiger partial charge is 0.338 e. The van der Waals surface area contributed by atoms with Gasteiger partial charge in [0.05, 0.1) is 28.5 Å². The number of nitrogens with zero attached hydrogens (tertiary/aromatic N) is 2. The van der Waals surface area contributed by atoms with Crippen LogP contribution in [0.3, 0.4) is 0 Å². The van der Waals surface area contributed by atoms with Crippen LogP contribution in [0.25, 0.3) is 6.08 Å². The number of benzene rings is 2. The van der Waals surface area contributed by atoms with E-state index in [0.29, 0.717) is 42.8 Å². The number of hydrogen-bond donors (Lipinski definition) is 0. The molecule has 0 bridgehead atoms. The number of fused-ring (bicyclic) bond motifs is 1. The van der Waals surface area contributed by atoms with Crippen molar-refractivity contribution in [2.45, 2.75) is 32.7 Å². The highest BCUT2D eigenvalue weighted by molar-refractivity contribution is 7.07. The number of esters is 1.